The molecule has 2 saturated heterocycles. The third kappa shape index (κ3) is 4.64. The maximum absolute atomic E-state index is 13.1. The van der Waals surface area contributed by atoms with Crippen LogP contribution in [0.15, 0.2) is 46.9 Å². The van der Waals surface area contributed by atoms with Gasteiger partial charge in [-0.2, -0.15) is 0 Å². The Morgan fingerprint density at radius 3 is 2.47 bits per heavy atom. The highest BCUT2D eigenvalue weighted by Gasteiger charge is 2.58. The third-order valence-electron chi connectivity index (χ3n) is 6.32. The summed E-state index contributed by atoms with van der Waals surface area (Å²) >= 11 is 0. The van der Waals surface area contributed by atoms with Crippen LogP contribution in [0.3, 0.4) is 0 Å². The molecule has 2 aromatic rings. The molecule has 0 N–H and O–H groups in total. The summed E-state index contributed by atoms with van der Waals surface area (Å²) in [7, 11) is 2.84. The van der Waals surface area contributed by atoms with Crippen molar-refractivity contribution < 1.29 is 37.8 Å². The van der Waals surface area contributed by atoms with Gasteiger partial charge in [0, 0.05) is 32.7 Å². The molecule has 1 aromatic carbocycles. The van der Waals surface area contributed by atoms with E-state index in [0.29, 0.717) is 38.3 Å². The first-order valence-corrected chi connectivity index (χ1v) is 11.1. The average Bonchev–Trinajstić information content (AvgIpc) is 3.43. The van der Waals surface area contributed by atoms with Crippen LogP contribution in [-0.4, -0.2) is 73.8 Å². The van der Waals surface area contributed by atoms with Gasteiger partial charge in [0.2, 0.25) is 5.91 Å². The summed E-state index contributed by atoms with van der Waals surface area (Å²) < 4.78 is 21.2. The van der Waals surface area contributed by atoms with Crippen molar-refractivity contribution in [2.45, 2.75) is 24.8 Å². The number of hydroxylamine groups is 2. The zero-order valence-corrected chi connectivity index (χ0v) is 19.2. The molecular formula is C24H28N2O8. The quantitative estimate of drug-likeness (QED) is 0.426. The van der Waals surface area contributed by atoms with Gasteiger partial charge in [-0.15, -0.1) is 0 Å². The van der Waals surface area contributed by atoms with Gasteiger partial charge in [-0.05, 0) is 31.0 Å². The molecule has 2 aliphatic rings. The summed E-state index contributed by atoms with van der Waals surface area (Å²) in [6, 6.07) is 12.3. The fraction of sp³-hybridized carbons (Fsp3) is 0.458. The molecule has 1 atom stereocenters. The number of ether oxygens (including phenoxy) is 3. The lowest BCUT2D eigenvalue weighted by atomic mass is 9.77. The minimum Gasteiger partial charge on any atom is -0.469 e. The Bertz CT molecular complexity index is 1010. The molecule has 2 aliphatic heterocycles. The second-order valence-electron chi connectivity index (χ2n) is 8.22. The highest BCUT2D eigenvalue weighted by atomic mass is 16.7. The van der Waals surface area contributed by atoms with E-state index in [4.69, 9.17) is 23.5 Å². The smallest absolute Gasteiger partial charge is 0.311 e. The molecule has 1 spiro atoms. The van der Waals surface area contributed by atoms with Gasteiger partial charge in [0.15, 0.2) is 5.76 Å². The number of nitrogens with zero attached hydrogens (tertiary/aromatic N) is 2. The number of methoxy groups -OCH3 is 2. The summed E-state index contributed by atoms with van der Waals surface area (Å²) in [5.41, 5.74) is -0.876. The molecule has 0 radical (unpaired) electrons. The lowest BCUT2D eigenvalue weighted by Gasteiger charge is -2.45. The maximum Gasteiger partial charge on any atom is 0.311 e. The van der Waals surface area contributed by atoms with Gasteiger partial charge in [0.1, 0.15) is 5.75 Å². The van der Waals surface area contributed by atoms with E-state index in [1.54, 1.807) is 29.2 Å². The number of para-hydroxylation sites is 1. The minimum absolute atomic E-state index is 0.00592. The van der Waals surface area contributed by atoms with Crippen LogP contribution >= 0.6 is 0 Å². The molecule has 1 unspecified atom stereocenters. The number of esters is 1. The molecule has 4 rings (SSSR count). The molecule has 34 heavy (non-hydrogen) atoms. The topological polar surface area (TPSA) is 108 Å². The fourth-order valence-corrected chi connectivity index (χ4v) is 4.59. The zero-order chi connectivity index (χ0) is 24.1. The van der Waals surface area contributed by atoms with E-state index in [1.807, 2.05) is 18.2 Å². The second-order valence-corrected chi connectivity index (χ2v) is 8.22. The average molecular weight is 472 g/mol. The highest BCUT2D eigenvalue weighted by molar-refractivity contribution is 5.92. The first kappa shape index (κ1) is 23.8. The van der Waals surface area contributed by atoms with Crippen molar-refractivity contribution in [3.8, 4) is 11.7 Å². The Labute approximate surface area is 197 Å². The SMILES string of the molecule is COCCON1C(=O)CC(C(=O)OC)C12CCN(C(=O)c1ccc(Oc3ccccc3)o1)CC2. The molecule has 2 fully saturated rings. The van der Waals surface area contributed by atoms with E-state index in [0.717, 1.165) is 0 Å². The van der Waals surface area contributed by atoms with Crippen molar-refractivity contribution in [2.24, 2.45) is 5.92 Å². The van der Waals surface area contributed by atoms with Crippen molar-refractivity contribution >= 4 is 17.8 Å². The van der Waals surface area contributed by atoms with E-state index in [9.17, 15) is 14.4 Å². The summed E-state index contributed by atoms with van der Waals surface area (Å²) in [4.78, 5) is 45.6. The highest BCUT2D eigenvalue weighted by Crippen LogP contribution is 2.44. The van der Waals surface area contributed by atoms with Crippen LogP contribution in [0.1, 0.15) is 29.8 Å². The summed E-state index contributed by atoms with van der Waals surface area (Å²) in [6.07, 6.45) is 0.739. The van der Waals surface area contributed by atoms with Gasteiger partial charge in [0.05, 0.1) is 31.8 Å². The molecule has 10 heteroatoms. The number of likely N-dealkylation sites (tertiary alicyclic amines) is 1. The minimum atomic E-state index is -0.876. The largest absolute Gasteiger partial charge is 0.469 e. The van der Waals surface area contributed by atoms with E-state index in [2.05, 4.69) is 0 Å². The summed E-state index contributed by atoms with van der Waals surface area (Å²) in [5, 5.41) is 1.31. The Kier molecular flexibility index (Phi) is 7.18. The Hall–Kier alpha value is -3.37. The fourth-order valence-electron chi connectivity index (χ4n) is 4.59. The molecule has 182 valence electrons. The third-order valence-corrected chi connectivity index (χ3v) is 6.32. The van der Waals surface area contributed by atoms with Crippen LogP contribution in [0.4, 0.5) is 0 Å². The van der Waals surface area contributed by atoms with Crippen LogP contribution < -0.4 is 4.74 Å². The number of hydrogen-bond acceptors (Lipinski definition) is 8. The van der Waals surface area contributed by atoms with Gasteiger partial charge in [0.25, 0.3) is 11.9 Å². The molecular weight excluding hydrogens is 444 g/mol. The predicted molar refractivity (Wildman–Crippen MR) is 118 cm³/mol. The van der Waals surface area contributed by atoms with Crippen LogP contribution in [0, 0.1) is 5.92 Å². The van der Waals surface area contributed by atoms with Crippen LogP contribution in [0.25, 0.3) is 0 Å². The number of piperidine rings is 1. The first-order valence-electron chi connectivity index (χ1n) is 11.1. The number of furan rings is 1. The van der Waals surface area contributed by atoms with Crippen LogP contribution in [-0.2, 0) is 23.9 Å². The Morgan fingerprint density at radius 1 is 1.06 bits per heavy atom. The summed E-state index contributed by atoms with van der Waals surface area (Å²) in [6.45, 7) is 1.12. The van der Waals surface area contributed by atoms with Crippen molar-refractivity contribution in [2.75, 3.05) is 40.5 Å². The second kappa shape index (κ2) is 10.3. The van der Waals surface area contributed by atoms with Gasteiger partial charge in [-0.3, -0.25) is 19.2 Å². The standard InChI is InChI=1S/C24H28N2O8/c1-30-14-15-32-26-20(27)16-18(23(29)31-2)24(26)10-12-25(13-11-24)22(28)19-8-9-21(34-19)33-17-6-4-3-5-7-17/h3-9,18H,10-16H2,1-2H3. The van der Waals surface area contributed by atoms with Gasteiger partial charge in [-0.25, -0.2) is 5.06 Å². The molecule has 10 nitrogen and oxygen atoms in total. The van der Waals surface area contributed by atoms with Crippen LogP contribution in [0.5, 0.6) is 11.7 Å². The van der Waals surface area contributed by atoms with Crippen molar-refractivity contribution in [3.63, 3.8) is 0 Å². The van der Waals surface area contributed by atoms with E-state index in [-0.39, 0.29) is 36.5 Å². The van der Waals surface area contributed by atoms with E-state index in [1.165, 1.54) is 19.3 Å². The van der Waals surface area contributed by atoms with E-state index < -0.39 is 17.4 Å². The number of benzene rings is 1. The number of carbonyl (C=O) groups excluding carboxylic acids is 3. The lowest BCUT2D eigenvalue weighted by Crippen LogP contribution is -2.58. The number of hydrogen-bond donors (Lipinski definition) is 0. The van der Waals surface area contributed by atoms with Crippen molar-refractivity contribution in [1.82, 2.24) is 9.96 Å². The Balaban J connectivity index is 1.45. The molecule has 0 bridgehead atoms. The predicted octanol–water partition coefficient (Wildman–Crippen LogP) is 2.65. The lowest BCUT2D eigenvalue weighted by molar-refractivity contribution is -0.226. The number of amides is 2. The van der Waals surface area contributed by atoms with Gasteiger partial charge < -0.3 is 23.5 Å². The molecule has 3 heterocycles. The normalized spacial score (nSPS) is 19.5. The monoisotopic (exact) mass is 472 g/mol. The molecule has 1 aromatic heterocycles. The first-order chi connectivity index (χ1) is 16.5. The summed E-state index contributed by atoms with van der Waals surface area (Å²) in [5.74, 6) is -0.721. The number of carbonyl (C=O) groups is 3. The van der Waals surface area contributed by atoms with Crippen molar-refractivity contribution in [3.05, 3.63) is 48.2 Å². The molecule has 0 aliphatic carbocycles. The molecule has 0 saturated carbocycles. The van der Waals surface area contributed by atoms with Gasteiger partial charge in [-0.1, -0.05) is 18.2 Å². The van der Waals surface area contributed by atoms with E-state index >= 15 is 0 Å². The molecule has 2 amide bonds. The maximum atomic E-state index is 13.1. The van der Waals surface area contributed by atoms with Gasteiger partial charge >= 0.3 is 5.97 Å². The van der Waals surface area contributed by atoms with Crippen LogP contribution in [0.2, 0.25) is 0 Å². The Morgan fingerprint density at radius 2 is 1.79 bits per heavy atom. The number of rotatable bonds is 8. The zero-order valence-electron chi connectivity index (χ0n) is 19.2. The van der Waals surface area contributed by atoms with Crippen molar-refractivity contribution in [1.29, 1.82) is 0 Å².